The molecule has 5 aromatic rings. The highest BCUT2D eigenvalue weighted by Crippen LogP contribution is 2.44. The van der Waals surface area contributed by atoms with E-state index in [1.807, 2.05) is 59.5 Å². The van der Waals surface area contributed by atoms with E-state index in [-0.39, 0.29) is 44.2 Å². The van der Waals surface area contributed by atoms with E-state index in [1.165, 1.54) is 0 Å². The molecule has 10 nitrogen and oxygen atoms in total. The van der Waals surface area contributed by atoms with Crippen molar-refractivity contribution in [1.29, 1.82) is 0 Å². The van der Waals surface area contributed by atoms with Crippen molar-refractivity contribution in [3.05, 3.63) is 83.9 Å². The smallest absolute Gasteiger partial charge is 0.410 e. The predicted octanol–water partition coefficient (Wildman–Crippen LogP) is 6.28. The van der Waals surface area contributed by atoms with Crippen LogP contribution in [0.25, 0.3) is 32.9 Å². The van der Waals surface area contributed by atoms with Crippen LogP contribution in [0.2, 0.25) is 0 Å². The Morgan fingerprint density at radius 2 is 1.87 bits per heavy atom. The van der Waals surface area contributed by atoms with Gasteiger partial charge in [-0.1, -0.05) is 55.5 Å². The van der Waals surface area contributed by atoms with Crippen molar-refractivity contribution in [2.45, 2.75) is 50.9 Å². The van der Waals surface area contributed by atoms with Crippen LogP contribution < -0.4 is 14.4 Å². The molecule has 2 aromatic heterocycles. The molecule has 11 heteroatoms. The van der Waals surface area contributed by atoms with Crippen LogP contribution in [-0.4, -0.2) is 71.1 Å². The summed E-state index contributed by atoms with van der Waals surface area (Å²) in [5.41, 5.74) is 3.87. The number of ether oxygens (including phenoxy) is 4. The molecule has 3 aliphatic rings. The molecule has 2 bridgehead atoms. The minimum absolute atomic E-state index is 0.0932. The Morgan fingerprint density at radius 3 is 2.70 bits per heavy atom. The fraction of sp³-hybridized carbons (Fsp3) is 0.333. The Balaban J connectivity index is 1.18. The normalized spacial score (nSPS) is 19.8. The van der Waals surface area contributed by atoms with Crippen LogP contribution in [0.3, 0.4) is 0 Å². The van der Waals surface area contributed by atoms with Gasteiger partial charge >= 0.3 is 12.2 Å². The van der Waals surface area contributed by atoms with Crippen LogP contribution in [0, 0.1) is 6.08 Å². The highest BCUT2D eigenvalue weighted by molar-refractivity contribution is 6.02. The number of aromatic nitrogens is 3. The van der Waals surface area contributed by atoms with E-state index in [4.69, 9.17) is 23.9 Å². The average molecular weight is 636 g/mol. The molecule has 240 valence electrons. The summed E-state index contributed by atoms with van der Waals surface area (Å²) >= 11 is 0. The number of halogens is 1. The van der Waals surface area contributed by atoms with Gasteiger partial charge in [0.05, 0.1) is 29.3 Å². The van der Waals surface area contributed by atoms with E-state index in [9.17, 15) is 4.79 Å². The molecule has 3 aromatic carbocycles. The average Bonchev–Trinajstić information content (AvgIpc) is 3.33. The van der Waals surface area contributed by atoms with E-state index >= 15 is 4.39 Å². The van der Waals surface area contributed by atoms with Gasteiger partial charge in [0.1, 0.15) is 30.2 Å². The van der Waals surface area contributed by atoms with Crippen LogP contribution in [0.15, 0.2) is 66.7 Å². The van der Waals surface area contributed by atoms with Crippen molar-refractivity contribution < 1.29 is 28.1 Å². The number of carbonyl (C=O) groups excluding carboxylic acids is 1. The minimum Gasteiger partial charge on any atom is -0.475 e. The highest BCUT2D eigenvalue weighted by atomic mass is 19.1. The number of hydrogen-bond acceptors (Lipinski definition) is 9. The van der Waals surface area contributed by atoms with Gasteiger partial charge in [0.2, 0.25) is 5.88 Å². The summed E-state index contributed by atoms with van der Waals surface area (Å²) in [6.07, 6.45) is 1.22. The lowest BCUT2D eigenvalue weighted by atomic mass is 9.95. The van der Waals surface area contributed by atoms with Gasteiger partial charge in [-0.3, -0.25) is 4.90 Å². The molecule has 3 aliphatic heterocycles. The van der Waals surface area contributed by atoms with Crippen molar-refractivity contribution in [3.8, 4) is 22.9 Å². The van der Waals surface area contributed by atoms with E-state index < -0.39 is 6.08 Å². The van der Waals surface area contributed by atoms with Crippen LogP contribution in [0.1, 0.15) is 30.9 Å². The molecule has 3 atom stereocenters. The molecule has 0 aliphatic carbocycles. The lowest BCUT2D eigenvalue weighted by Gasteiger charge is -2.45. The molecule has 2 fully saturated rings. The number of carbonyl (C=O) groups is 1. The molecule has 5 heterocycles. The van der Waals surface area contributed by atoms with Gasteiger partial charge in [0.15, 0.2) is 6.79 Å². The molecule has 0 radical (unpaired) electrons. The standard InChI is InChI=1S/C36H34FN5O5/c1-3-22-10-7-11-23-14-25(47-20-44-2)15-26(31(22)23)27-16-28-32-33(40-35(37)39-28)41-17-24-12-13-29(30(41)19-45-34(32)38-27)42(24)36(43)46-18-21-8-5-4-6-9-21/h4-11,14-16,24,29-30H,3,12-13,17-20H2,1-2H3/t24-,29+,30?/m0/s1. The summed E-state index contributed by atoms with van der Waals surface area (Å²) in [4.78, 5) is 30.9. The fourth-order valence-electron chi connectivity index (χ4n) is 7.44. The Kier molecular flexibility index (Phi) is 7.48. The summed E-state index contributed by atoms with van der Waals surface area (Å²) in [5, 5.41) is 2.58. The second-order valence-electron chi connectivity index (χ2n) is 12.2. The maximum Gasteiger partial charge on any atom is 0.410 e. The van der Waals surface area contributed by atoms with Crippen LogP contribution in [-0.2, 0) is 22.5 Å². The van der Waals surface area contributed by atoms with Crippen molar-refractivity contribution in [2.75, 3.05) is 32.0 Å². The summed E-state index contributed by atoms with van der Waals surface area (Å²) in [5.74, 6) is 1.40. The number of nitrogens with zero attached hydrogens (tertiary/aromatic N) is 5. The van der Waals surface area contributed by atoms with Gasteiger partial charge < -0.3 is 23.8 Å². The third-order valence-corrected chi connectivity index (χ3v) is 9.51. The maximum atomic E-state index is 15.3. The zero-order valence-electron chi connectivity index (χ0n) is 26.2. The number of fused-ring (bicyclic) bond motifs is 6. The lowest BCUT2D eigenvalue weighted by Crippen LogP contribution is -2.63. The Hall–Kier alpha value is -5.03. The molecule has 0 spiro atoms. The zero-order chi connectivity index (χ0) is 32.1. The van der Waals surface area contributed by atoms with Crippen molar-refractivity contribution >= 4 is 33.6 Å². The van der Waals surface area contributed by atoms with E-state index in [1.54, 1.807) is 13.2 Å². The van der Waals surface area contributed by atoms with Crippen molar-refractivity contribution in [2.24, 2.45) is 0 Å². The van der Waals surface area contributed by atoms with Crippen LogP contribution in [0.4, 0.5) is 15.0 Å². The molecule has 0 saturated carbocycles. The fourth-order valence-corrected chi connectivity index (χ4v) is 7.44. The monoisotopic (exact) mass is 635 g/mol. The molecule has 1 unspecified atom stereocenters. The van der Waals surface area contributed by atoms with Crippen molar-refractivity contribution in [3.63, 3.8) is 0 Å². The molecule has 2 saturated heterocycles. The van der Waals surface area contributed by atoms with E-state index in [2.05, 4.69) is 27.9 Å². The lowest BCUT2D eigenvalue weighted by molar-refractivity contribution is 0.0512. The number of piperazine rings is 1. The van der Waals surface area contributed by atoms with Gasteiger partial charge in [-0.25, -0.2) is 14.8 Å². The largest absolute Gasteiger partial charge is 0.475 e. The number of rotatable bonds is 7. The minimum atomic E-state index is -0.829. The Morgan fingerprint density at radius 1 is 1.00 bits per heavy atom. The highest BCUT2D eigenvalue weighted by Gasteiger charge is 2.51. The molecule has 47 heavy (non-hydrogen) atoms. The third kappa shape index (κ3) is 5.14. The predicted molar refractivity (Wildman–Crippen MR) is 174 cm³/mol. The zero-order valence-corrected chi connectivity index (χ0v) is 26.2. The number of aryl methyl sites for hydroxylation is 1. The summed E-state index contributed by atoms with van der Waals surface area (Å²) in [6, 6.07) is 20.9. The summed E-state index contributed by atoms with van der Waals surface area (Å²) in [7, 11) is 1.57. The molecular weight excluding hydrogens is 601 g/mol. The van der Waals surface area contributed by atoms with E-state index in [0.717, 1.165) is 46.7 Å². The number of hydrogen-bond donors (Lipinski definition) is 0. The van der Waals surface area contributed by atoms with E-state index in [0.29, 0.717) is 40.6 Å². The SMILES string of the molecule is CCc1cccc2cc(OCOC)cc(-c3cc4nc(F)nc5c4c(n3)OCC3[C@H]4CC[C@@H](CN53)N4C(=O)OCc3ccccc3)c12. The molecule has 1 amide bonds. The van der Waals surface area contributed by atoms with Gasteiger partial charge in [-0.15, -0.1) is 0 Å². The second-order valence-corrected chi connectivity index (χ2v) is 12.2. The molecule has 8 rings (SSSR count). The summed E-state index contributed by atoms with van der Waals surface area (Å²) < 4.78 is 38.6. The quantitative estimate of drug-likeness (QED) is 0.151. The first-order valence-corrected chi connectivity index (χ1v) is 16.0. The Labute approximate surface area is 271 Å². The van der Waals surface area contributed by atoms with Gasteiger partial charge in [-0.2, -0.15) is 9.37 Å². The van der Waals surface area contributed by atoms with Crippen molar-refractivity contribution in [1.82, 2.24) is 19.9 Å². The number of amides is 1. The number of anilines is 1. The third-order valence-electron chi connectivity index (χ3n) is 9.51. The topological polar surface area (TPSA) is 99.1 Å². The molecular formula is C36H34FN5O5. The van der Waals surface area contributed by atoms with Gasteiger partial charge in [-0.05, 0) is 59.4 Å². The number of methoxy groups -OCH3 is 1. The summed E-state index contributed by atoms with van der Waals surface area (Å²) in [6.45, 7) is 3.11. The second kappa shape index (κ2) is 12.0. The number of benzene rings is 3. The first kappa shape index (κ1) is 29.4. The Bertz CT molecular complexity index is 1990. The number of pyridine rings is 1. The molecule has 0 N–H and O–H groups in total. The first-order chi connectivity index (χ1) is 23.0. The maximum absolute atomic E-state index is 15.3. The van der Waals surface area contributed by atoms with Crippen LogP contribution >= 0.6 is 0 Å². The van der Waals surface area contributed by atoms with Gasteiger partial charge in [0.25, 0.3) is 0 Å². The van der Waals surface area contributed by atoms with Crippen LogP contribution in [0.5, 0.6) is 11.6 Å². The van der Waals surface area contributed by atoms with Gasteiger partial charge in [0, 0.05) is 19.2 Å². The first-order valence-electron chi connectivity index (χ1n) is 16.0.